The Kier molecular flexibility index (Phi) is 7.31. The van der Waals surface area contributed by atoms with E-state index in [-0.39, 0.29) is 12.6 Å². The predicted molar refractivity (Wildman–Crippen MR) is 139 cm³/mol. The quantitative estimate of drug-likeness (QED) is 0.278. The van der Waals surface area contributed by atoms with Crippen molar-refractivity contribution in [2.24, 2.45) is 0 Å². The molecule has 0 aliphatic heterocycles. The van der Waals surface area contributed by atoms with Crippen molar-refractivity contribution in [3.63, 3.8) is 0 Å². The van der Waals surface area contributed by atoms with E-state index in [1.54, 1.807) is 12.3 Å². The summed E-state index contributed by atoms with van der Waals surface area (Å²) in [5, 5.41) is 10.0. The van der Waals surface area contributed by atoms with Crippen molar-refractivity contribution in [3.8, 4) is 22.9 Å². The van der Waals surface area contributed by atoms with E-state index in [2.05, 4.69) is 34.6 Å². The molecule has 0 radical (unpaired) electrons. The third-order valence-electron chi connectivity index (χ3n) is 5.63. The molecule has 0 amide bonds. The van der Waals surface area contributed by atoms with Crippen molar-refractivity contribution in [2.75, 3.05) is 23.5 Å². The molecule has 2 aromatic heterocycles. The van der Waals surface area contributed by atoms with E-state index < -0.39 is 16.4 Å². The lowest BCUT2D eigenvalue weighted by Crippen LogP contribution is -2.19. The molecule has 0 saturated heterocycles. The van der Waals surface area contributed by atoms with Gasteiger partial charge in [0.05, 0.1) is 16.5 Å². The van der Waals surface area contributed by atoms with Gasteiger partial charge >= 0.3 is 6.01 Å². The molecule has 180 valence electrons. The van der Waals surface area contributed by atoms with Gasteiger partial charge in [0.2, 0.25) is 5.65 Å². The maximum Gasteiger partial charge on any atom is 0.309 e. The number of aromatic nitrogens is 2. The van der Waals surface area contributed by atoms with E-state index >= 15 is 0 Å². The minimum atomic E-state index is -1.29. The molecule has 0 bridgehead atoms. The van der Waals surface area contributed by atoms with Crippen LogP contribution >= 0.6 is 23.2 Å². The molecule has 4 aromatic rings. The highest BCUT2D eigenvalue weighted by molar-refractivity contribution is 7.85. The summed E-state index contributed by atoms with van der Waals surface area (Å²) in [5.74, 6) is 0.653. The van der Waals surface area contributed by atoms with Crippen molar-refractivity contribution in [2.45, 2.75) is 19.3 Å². The minimum absolute atomic E-state index is 0.164. The zero-order chi connectivity index (χ0) is 25.2. The fourth-order valence-corrected chi connectivity index (χ4v) is 4.40. The van der Waals surface area contributed by atoms with Crippen molar-refractivity contribution < 1.29 is 13.4 Å². The molecule has 0 aliphatic carbocycles. The standard InChI is InChI=1S/C25H22Cl2N4O3S/c1-25(2,19-10-16(13-28)22(20(27)12-19)33-9-8-26)18-6-4-15(5-7-18)17-11-21-23(29-14-17)30-24(34-21)31-35(3)32/h4-7,10-12,14H,8-9H2,1-3H3,(H,29,30,31). The van der Waals surface area contributed by atoms with Crippen LogP contribution in [0.1, 0.15) is 30.5 Å². The summed E-state index contributed by atoms with van der Waals surface area (Å²) >= 11 is 12.2. The first-order valence-electron chi connectivity index (χ1n) is 10.6. The van der Waals surface area contributed by atoms with E-state index in [4.69, 9.17) is 32.4 Å². The van der Waals surface area contributed by atoms with Gasteiger partial charge in [-0.05, 0) is 34.9 Å². The van der Waals surface area contributed by atoms with Crippen molar-refractivity contribution in [3.05, 3.63) is 70.4 Å². The number of anilines is 1. The van der Waals surface area contributed by atoms with Crippen LogP contribution in [0.4, 0.5) is 6.01 Å². The Labute approximate surface area is 215 Å². The highest BCUT2D eigenvalue weighted by Gasteiger charge is 2.26. The van der Waals surface area contributed by atoms with E-state index in [0.29, 0.717) is 33.4 Å². The molecule has 1 unspecified atom stereocenters. The third kappa shape index (κ3) is 5.27. The Morgan fingerprint density at radius 3 is 2.57 bits per heavy atom. The van der Waals surface area contributed by atoms with Crippen LogP contribution in [0.25, 0.3) is 22.4 Å². The normalized spacial score (nSPS) is 12.3. The first-order chi connectivity index (χ1) is 16.7. The fraction of sp³-hybridized carbons (Fsp3) is 0.240. The predicted octanol–water partition coefficient (Wildman–Crippen LogP) is 6.06. The molecular formula is C25H22Cl2N4O3S. The number of nitriles is 1. The summed E-state index contributed by atoms with van der Waals surface area (Å²) in [5.41, 5.74) is 4.61. The number of halogens is 2. The van der Waals surface area contributed by atoms with Crippen LogP contribution in [0.5, 0.6) is 5.75 Å². The van der Waals surface area contributed by atoms with Gasteiger partial charge in [0, 0.05) is 23.4 Å². The Morgan fingerprint density at radius 1 is 1.17 bits per heavy atom. The summed E-state index contributed by atoms with van der Waals surface area (Å²) in [6, 6.07) is 15.9. The molecule has 0 spiro atoms. The molecule has 0 fully saturated rings. The van der Waals surface area contributed by atoms with E-state index in [1.807, 2.05) is 36.4 Å². The van der Waals surface area contributed by atoms with Gasteiger partial charge in [0.25, 0.3) is 0 Å². The molecule has 7 nitrogen and oxygen atoms in total. The summed E-state index contributed by atoms with van der Waals surface area (Å²) in [7, 11) is -1.29. The lowest BCUT2D eigenvalue weighted by Gasteiger charge is -2.27. The molecule has 2 aromatic carbocycles. The number of rotatable bonds is 8. The van der Waals surface area contributed by atoms with Crippen LogP contribution in [0.2, 0.25) is 5.02 Å². The number of fused-ring (bicyclic) bond motifs is 1. The van der Waals surface area contributed by atoms with Crippen LogP contribution in [0.15, 0.2) is 53.1 Å². The Morgan fingerprint density at radius 2 is 1.91 bits per heavy atom. The molecule has 4 rings (SSSR count). The summed E-state index contributed by atoms with van der Waals surface area (Å²) in [6.07, 6.45) is 3.21. The number of hydrogen-bond donors (Lipinski definition) is 1. The maximum atomic E-state index is 11.4. The molecule has 1 atom stereocenters. The lowest BCUT2D eigenvalue weighted by molar-refractivity contribution is 0.341. The number of oxazole rings is 1. The first-order valence-corrected chi connectivity index (χ1v) is 13.1. The number of benzene rings is 2. The van der Waals surface area contributed by atoms with Gasteiger partial charge in [-0.15, -0.1) is 11.6 Å². The first kappa shape index (κ1) is 25.0. The Balaban J connectivity index is 1.63. The van der Waals surface area contributed by atoms with Gasteiger partial charge in [-0.2, -0.15) is 10.2 Å². The summed E-state index contributed by atoms with van der Waals surface area (Å²) in [6.45, 7) is 4.41. The summed E-state index contributed by atoms with van der Waals surface area (Å²) < 4.78 is 25.2. The number of ether oxygens (including phenoxy) is 1. The van der Waals surface area contributed by atoms with E-state index in [1.165, 1.54) is 6.26 Å². The number of pyridine rings is 1. The molecule has 1 N–H and O–H groups in total. The second kappa shape index (κ2) is 10.2. The second-order valence-corrected chi connectivity index (χ2v) is 10.2. The topological polar surface area (TPSA) is 101 Å². The van der Waals surface area contributed by atoms with Crippen molar-refractivity contribution in [1.82, 2.24) is 9.97 Å². The second-order valence-electron chi connectivity index (χ2n) is 8.31. The van der Waals surface area contributed by atoms with Crippen LogP contribution in [-0.4, -0.2) is 32.9 Å². The van der Waals surface area contributed by atoms with Crippen molar-refractivity contribution in [1.29, 1.82) is 5.26 Å². The molecule has 2 heterocycles. The van der Waals surface area contributed by atoms with Gasteiger partial charge in [-0.1, -0.05) is 49.7 Å². The monoisotopic (exact) mass is 528 g/mol. The van der Waals surface area contributed by atoms with Gasteiger partial charge in [0.1, 0.15) is 23.7 Å². The average molecular weight is 529 g/mol. The zero-order valence-corrected chi connectivity index (χ0v) is 21.6. The largest absolute Gasteiger partial charge is 0.489 e. The lowest BCUT2D eigenvalue weighted by atomic mass is 9.77. The Bertz CT molecular complexity index is 1450. The van der Waals surface area contributed by atoms with E-state index in [9.17, 15) is 9.47 Å². The van der Waals surface area contributed by atoms with Gasteiger partial charge in [0.15, 0.2) is 11.3 Å². The van der Waals surface area contributed by atoms with Crippen LogP contribution in [0, 0.1) is 11.3 Å². The highest BCUT2D eigenvalue weighted by atomic mass is 35.5. The number of hydrogen-bond acceptors (Lipinski definition) is 6. The van der Waals surface area contributed by atoms with Crippen LogP contribution in [-0.2, 0) is 16.4 Å². The van der Waals surface area contributed by atoms with Gasteiger partial charge in [-0.25, -0.2) is 9.19 Å². The number of nitrogens with zero attached hydrogens (tertiary/aromatic N) is 3. The molecule has 0 saturated carbocycles. The molecule has 0 aliphatic rings. The van der Waals surface area contributed by atoms with E-state index in [0.717, 1.165) is 22.3 Å². The van der Waals surface area contributed by atoms with Crippen molar-refractivity contribution >= 4 is 51.4 Å². The SMILES string of the molecule is CS(=O)Nc1nc2ncc(-c3ccc(C(C)(C)c4cc(Cl)c(OCCCl)c(C#N)c4)cc3)cc2o1. The maximum absolute atomic E-state index is 11.4. The Hall–Kier alpha value is -3.12. The molecular weight excluding hydrogens is 507 g/mol. The average Bonchev–Trinajstić information content (AvgIpc) is 3.23. The van der Waals surface area contributed by atoms with Crippen LogP contribution in [0.3, 0.4) is 0 Å². The minimum Gasteiger partial charge on any atom is -0.489 e. The number of alkyl halides is 1. The zero-order valence-electron chi connectivity index (χ0n) is 19.3. The van der Waals surface area contributed by atoms with Gasteiger partial charge < -0.3 is 9.15 Å². The van der Waals surface area contributed by atoms with Crippen LogP contribution < -0.4 is 9.46 Å². The van der Waals surface area contributed by atoms with Gasteiger partial charge in [-0.3, -0.25) is 4.72 Å². The molecule has 35 heavy (non-hydrogen) atoms. The smallest absolute Gasteiger partial charge is 0.309 e. The fourth-order valence-electron chi connectivity index (χ4n) is 3.71. The molecule has 10 heteroatoms. The third-order valence-corrected chi connectivity index (χ3v) is 6.52. The number of nitrogens with one attached hydrogen (secondary N) is 1. The summed E-state index contributed by atoms with van der Waals surface area (Å²) in [4.78, 5) is 8.53. The highest BCUT2D eigenvalue weighted by Crippen LogP contribution is 2.39.